The van der Waals surface area contributed by atoms with Crippen LogP contribution in [0.5, 0.6) is 0 Å². The number of hydrogen-bond acceptors (Lipinski definition) is 7. The van der Waals surface area contributed by atoms with Gasteiger partial charge >= 0.3 is 0 Å². The molecule has 1 amide bonds. The maximum atomic E-state index is 15.3. The number of nitrogens with two attached hydrogens (primary N) is 1. The van der Waals surface area contributed by atoms with Crippen LogP contribution in [-0.2, 0) is 6.42 Å². The van der Waals surface area contributed by atoms with Crippen LogP contribution in [0.25, 0.3) is 22.4 Å². The summed E-state index contributed by atoms with van der Waals surface area (Å²) in [7, 11) is 0. The van der Waals surface area contributed by atoms with E-state index in [4.69, 9.17) is 5.73 Å². The third-order valence-corrected chi connectivity index (χ3v) is 7.32. The van der Waals surface area contributed by atoms with Gasteiger partial charge in [-0.25, -0.2) is 19.3 Å². The molecule has 0 radical (unpaired) electrons. The van der Waals surface area contributed by atoms with Crippen LogP contribution in [-0.4, -0.2) is 74.1 Å². The van der Waals surface area contributed by atoms with Crippen LogP contribution in [0.4, 0.5) is 10.2 Å². The van der Waals surface area contributed by atoms with Gasteiger partial charge in [0.05, 0.1) is 23.1 Å². The highest BCUT2D eigenvalue weighted by Crippen LogP contribution is 2.33. The molecule has 1 saturated carbocycles. The fourth-order valence-electron chi connectivity index (χ4n) is 5.38. The van der Waals surface area contributed by atoms with Crippen LogP contribution in [0.2, 0.25) is 0 Å². The van der Waals surface area contributed by atoms with Crippen molar-refractivity contribution in [3.05, 3.63) is 59.9 Å². The number of anilines is 1. The molecule has 0 bridgehead atoms. The molecule has 2 fully saturated rings. The molecule has 3 aromatic rings. The van der Waals surface area contributed by atoms with Crippen LogP contribution in [0.1, 0.15) is 42.2 Å². The number of pyridine rings is 1. The minimum Gasteiger partial charge on any atom is -0.391 e. The number of aliphatic hydroxyl groups is 1. The molecule has 1 aliphatic carbocycles. The lowest BCUT2D eigenvalue weighted by atomic mass is 9.96. The second kappa shape index (κ2) is 10.3. The first-order valence-electron chi connectivity index (χ1n) is 12.5. The van der Waals surface area contributed by atoms with E-state index in [2.05, 4.69) is 19.9 Å². The van der Waals surface area contributed by atoms with Gasteiger partial charge in [-0.3, -0.25) is 9.69 Å². The number of piperazine rings is 1. The molecule has 9 heteroatoms. The molecular formula is C27H31FN6O2. The van der Waals surface area contributed by atoms with Gasteiger partial charge in [-0.15, -0.1) is 0 Å². The summed E-state index contributed by atoms with van der Waals surface area (Å²) >= 11 is 0. The van der Waals surface area contributed by atoms with E-state index in [0.717, 1.165) is 36.1 Å². The lowest BCUT2D eigenvalue weighted by Crippen LogP contribution is -2.53. The van der Waals surface area contributed by atoms with Gasteiger partial charge in [0.15, 0.2) is 0 Å². The quantitative estimate of drug-likeness (QED) is 0.566. The molecule has 188 valence electrons. The van der Waals surface area contributed by atoms with Crippen LogP contribution in [0.3, 0.4) is 0 Å². The number of nitrogen functional groups attached to an aromatic ring is 1. The Bertz CT molecular complexity index is 1240. The predicted octanol–water partition coefficient (Wildman–Crippen LogP) is 3.16. The van der Waals surface area contributed by atoms with Crippen LogP contribution < -0.4 is 5.73 Å². The molecule has 2 atom stereocenters. The minimum atomic E-state index is -0.579. The topological polar surface area (TPSA) is 108 Å². The van der Waals surface area contributed by atoms with Crippen molar-refractivity contribution in [2.75, 3.05) is 31.9 Å². The van der Waals surface area contributed by atoms with Crippen LogP contribution >= 0.6 is 0 Å². The van der Waals surface area contributed by atoms with Crippen molar-refractivity contribution in [3.8, 4) is 22.4 Å². The summed E-state index contributed by atoms with van der Waals surface area (Å²) in [6, 6.07) is 8.37. The van der Waals surface area contributed by atoms with Gasteiger partial charge in [0.2, 0.25) is 0 Å². The second-order valence-corrected chi connectivity index (χ2v) is 9.46. The number of aliphatic hydroxyl groups excluding tert-OH is 1. The third kappa shape index (κ3) is 4.68. The standard InChI is InChI=1S/C27H31FN6O2/c1-2-21-25(18-7-9-24(29)30-15-18)26(32-16-31-21)17-6-8-19(20(28)14-17)27(36)34-12-10-33(11-13-34)22-4-3-5-23(22)35/h6-9,14-16,22-23,35H,2-5,10-13H2,1H3,(H2,29,30). The van der Waals surface area contributed by atoms with Crippen molar-refractivity contribution in [2.45, 2.75) is 44.8 Å². The fraction of sp³-hybridized carbons (Fsp3) is 0.407. The van der Waals surface area contributed by atoms with E-state index in [-0.39, 0.29) is 23.6 Å². The Labute approximate surface area is 210 Å². The molecule has 8 nitrogen and oxygen atoms in total. The van der Waals surface area contributed by atoms with Crippen molar-refractivity contribution in [1.29, 1.82) is 0 Å². The first kappa shape index (κ1) is 24.3. The zero-order valence-electron chi connectivity index (χ0n) is 20.4. The molecule has 5 rings (SSSR count). The Balaban J connectivity index is 1.38. The molecule has 1 aliphatic heterocycles. The average molecular weight is 491 g/mol. The number of amides is 1. The number of aromatic nitrogens is 3. The number of nitrogens with zero attached hydrogens (tertiary/aromatic N) is 5. The maximum absolute atomic E-state index is 15.3. The summed E-state index contributed by atoms with van der Waals surface area (Å²) in [6.07, 6.45) is 6.37. The van der Waals surface area contributed by atoms with E-state index in [9.17, 15) is 9.90 Å². The Morgan fingerprint density at radius 1 is 1.08 bits per heavy atom. The van der Waals surface area contributed by atoms with Gasteiger partial charge in [-0.05, 0) is 49.9 Å². The zero-order chi connectivity index (χ0) is 25.2. The Hall–Kier alpha value is -3.43. The van der Waals surface area contributed by atoms with E-state index in [1.807, 2.05) is 13.0 Å². The summed E-state index contributed by atoms with van der Waals surface area (Å²) in [4.78, 5) is 30.2. The molecule has 1 saturated heterocycles. The fourth-order valence-corrected chi connectivity index (χ4v) is 5.38. The molecule has 2 unspecified atom stereocenters. The molecule has 3 heterocycles. The van der Waals surface area contributed by atoms with Gasteiger partial charge in [0.1, 0.15) is 18.0 Å². The van der Waals surface area contributed by atoms with E-state index in [1.54, 1.807) is 29.3 Å². The van der Waals surface area contributed by atoms with E-state index >= 15 is 4.39 Å². The number of benzene rings is 1. The van der Waals surface area contributed by atoms with Gasteiger partial charge in [-0.1, -0.05) is 13.0 Å². The molecular weight excluding hydrogens is 459 g/mol. The third-order valence-electron chi connectivity index (χ3n) is 7.32. The normalized spacial score (nSPS) is 20.6. The van der Waals surface area contributed by atoms with Gasteiger partial charge in [0, 0.05) is 55.1 Å². The highest BCUT2D eigenvalue weighted by atomic mass is 19.1. The monoisotopic (exact) mass is 490 g/mol. The molecule has 2 aromatic heterocycles. The summed E-state index contributed by atoms with van der Waals surface area (Å²) in [5.41, 5.74) is 9.33. The summed E-state index contributed by atoms with van der Waals surface area (Å²) in [5.74, 6) is -0.487. The van der Waals surface area contributed by atoms with E-state index in [1.165, 1.54) is 12.4 Å². The van der Waals surface area contributed by atoms with Crippen molar-refractivity contribution < 1.29 is 14.3 Å². The summed E-state index contributed by atoms with van der Waals surface area (Å²) in [5, 5.41) is 10.2. The maximum Gasteiger partial charge on any atom is 0.256 e. The van der Waals surface area contributed by atoms with Crippen molar-refractivity contribution in [1.82, 2.24) is 24.8 Å². The Morgan fingerprint density at radius 3 is 2.50 bits per heavy atom. The largest absolute Gasteiger partial charge is 0.391 e. The lowest BCUT2D eigenvalue weighted by molar-refractivity contribution is 0.0313. The number of carbonyl (C=O) groups excluding carboxylic acids is 1. The van der Waals surface area contributed by atoms with E-state index < -0.39 is 5.82 Å². The van der Waals surface area contributed by atoms with Crippen molar-refractivity contribution in [2.24, 2.45) is 0 Å². The van der Waals surface area contributed by atoms with E-state index in [0.29, 0.717) is 49.7 Å². The number of carbonyl (C=O) groups is 1. The molecule has 2 aliphatic rings. The number of rotatable bonds is 5. The number of aryl methyl sites for hydroxylation is 1. The highest BCUT2D eigenvalue weighted by molar-refractivity contribution is 5.95. The molecule has 3 N–H and O–H groups in total. The van der Waals surface area contributed by atoms with Crippen molar-refractivity contribution in [3.63, 3.8) is 0 Å². The van der Waals surface area contributed by atoms with Gasteiger partial charge in [0.25, 0.3) is 5.91 Å². The number of hydrogen-bond donors (Lipinski definition) is 2. The summed E-state index contributed by atoms with van der Waals surface area (Å²) in [6.45, 7) is 4.40. The number of halogens is 1. The van der Waals surface area contributed by atoms with Crippen molar-refractivity contribution >= 4 is 11.7 Å². The second-order valence-electron chi connectivity index (χ2n) is 9.46. The Morgan fingerprint density at radius 2 is 1.86 bits per heavy atom. The zero-order valence-corrected chi connectivity index (χ0v) is 20.4. The minimum absolute atomic E-state index is 0.0496. The predicted molar refractivity (Wildman–Crippen MR) is 136 cm³/mol. The summed E-state index contributed by atoms with van der Waals surface area (Å²) < 4.78 is 15.3. The first-order valence-corrected chi connectivity index (χ1v) is 12.5. The SMILES string of the molecule is CCc1ncnc(-c2ccc(C(=O)N3CCN(C4CCCC4O)CC3)c(F)c2)c1-c1ccc(N)nc1. The average Bonchev–Trinajstić information content (AvgIpc) is 3.34. The molecule has 1 aromatic carbocycles. The molecule has 36 heavy (non-hydrogen) atoms. The van der Waals surface area contributed by atoms with Gasteiger partial charge < -0.3 is 15.7 Å². The van der Waals surface area contributed by atoms with Gasteiger partial charge in [-0.2, -0.15) is 0 Å². The Kier molecular flexibility index (Phi) is 6.93. The van der Waals surface area contributed by atoms with Crippen LogP contribution in [0, 0.1) is 5.82 Å². The lowest BCUT2D eigenvalue weighted by Gasteiger charge is -2.39. The molecule has 0 spiro atoms. The first-order chi connectivity index (χ1) is 17.5. The van der Waals surface area contributed by atoms with Crippen LogP contribution in [0.15, 0.2) is 42.9 Å². The smallest absolute Gasteiger partial charge is 0.256 e. The highest BCUT2D eigenvalue weighted by Gasteiger charge is 2.34.